The largest absolute Gasteiger partial charge is 0.496 e. The van der Waals surface area contributed by atoms with Gasteiger partial charge in [0.2, 0.25) is 0 Å². The molecule has 1 saturated heterocycles. The number of hydrogen-bond acceptors (Lipinski definition) is 5. The minimum atomic E-state index is 0.878. The van der Waals surface area contributed by atoms with Crippen molar-refractivity contribution in [3.63, 3.8) is 0 Å². The van der Waals surface area contributed by atoms with E-state index < -0.39 is 0 Å². The van der Waals surface area contributed by atoms with Crippen LogP contribution in [0.4, 0.5) is 11.6 Å². The zero-order valence-corrected chi connectivity index (χ0v) is 14.2. The first-order valence-corrected chi connectivity index (χ1v) is 8.82. The quantitative estimate of drug-likeness (QED) is 0.868. The molecule has 4 rings (SSSR count). The average molecular weight is 324 g/mol. The topological polar surface area (TPSA) is 41.5 Å². The molecule has 0 amide bonds. The Labute approximate surface area is 143 Å². The maximum Gasteiger partial charge on any atom is 0.134 e. The smallest absolute Gasteiger partial charge is 0.134 e. The first kappa shape index (κ1) is 15.2. The molecule has 3 heterocycles. The summed E-state index contributed by atoms with van der Waals surface area (Å²) >= 11 is 0. The van der Waals surface area contributed by atoms with Crippen molar-refractivity contribution in [2.24, 2.45) is 0 Å². The van der Waals surface area contributed by atoms with Crippen molar-refractivity contribution >= 4 is 11.6 Å². The zero-order chi connectivity index (χ0) is 16.4. The summed E-state index contributed by atoms with van der Waals surface area (Å²) in [6.45, 7) is 4.06. The number of rotatable bonds is 3. The summed E-state index contributed by atoms with van der Waals surface area (Å²) in [7, 11) is 1.75. The Balaban J connectivity index is 1.56. The van der Waals surface area contributed by atoms with Crippen molar-refractivity contribution in [3.8, 4) is 5.75 Å². The van der Waals surface area contributed by atoms with Gasteiger partial charge in [-0.3, -0.25) is 0 Å². The van der Waals surface area contributed by atoms with Gasteiger partial charge in [-0.15, -0.1) is 0 Å². The molecular weight excluding hydrogens is 300 g/mol. The number of ether oxygens (including phenoxy) is 1. The molecule has 5 nitrogen and oxygen atoms in total. The molecule has 0 unspecified atom stereocenters. The Kier molecular flexibility index (Phi) is 4.24. The lowest BCUT2D eigenvalue weighted by Crippen LogP contribution is -2.33. The van der Waals surface area contributed by atoms with E-state index in [2.05, 4.69) is 38.0 Å². The number of benzene rings is 1. The Morgan fingerprint density at radius 3 is 2.54 bits per heavy atom. The van der Waals surface area contributed by atoms with E-state index in [-0.39, 0.29) is 0 Å². The first-order chi connectivity index (χ1) is 11.8. The molecule has 5 heteroatoms. The van der Waals surface area contributed by atoms with Crippen LogP contribution in [0.3, 0.4) is 0 Å². The number of fused-ring (bicyclic) bond motifs is 1. The van der Waals surface area contributed by atoms with E-state index in [9.17, 15) is 0 Å². The second-order valence-corrected chi connectivity index (χ2v) is 6.55. The Morgan fingerprint density at radius 1 is 0.958 bits per heavy atom. The summed E-state index contributed by atoms with van der Waals surface area (Å²) < 4.78 is 5.50. The number of hydrogen-bond donors (Lipinski definition) is 0. The molecule has 0 saturated carbocycles. The fourth-order valence-corrected chi connectivity index (χ4v) is 3.77. The van der Waals surface area contributed by atoms with Crippen LogP contribution >= 0.6 is 0 Å². The molecule has 1 fully saturated rings. The molecule has 0 aliphatic carbocycles. The van der Waals surface area contributed by atoms with Gasteiger partial charge in [0.1, 0.15) is 23.7 Å². The highest BCUT2D eigenvalue weighted by Crippen LogP contribution is 2.30. The molecule has 126 valence electrons. The minimum Gasteiger partial charge on any atom is -0.496 e. The molecule has 2 aromatic rings. The van der Waals surface area contributed by atoms with Crippen LogP contribution < -0.4 is 14.5 Å². The first-order valence-electron chi connectivity index (χ1n) is 8.82. The normalized spacial score (nSPS) is 17.5. The monoisotopic (exact) mass is 324 g/mol. The molecule has 0 N–H and O–H groups in total. The van der Waals surface area contributed by atoms with E-state index in [1.54, 1.807) is 13.4 Å². The molecule has 0 spiro atoms. The predicted octanol–water partition coefficient (Wildman–Crippen LogP) is 3.04. The van der Waals surface area contributed by atoms with Crippen molar-refractivity contribution in [1.29, 1.82) is 0 Å². The van der Waals surface area contributed by atoms with E-state index >= 15 is 0 Å². The summed E-state index contributed by atoms with van der Waals surface area (Å²) in [6.07, 6.45) is 6.55. The van der Waals surface area contributed by atoms with Crippen LogP contribution in [-0.4, -0.2) is 36.7 Å². The van der Waals surface area contributed by atoms with Crippen molar-refractivity contribution in [2.75, 3.05) is 36.5 Å². The van der Waals surface area contributed by atoms with Gasteiger partial charge in [-0.05, 0) is 37.3 Å². The van der Waals surface area contributed by atoms with Crippen LogP contribution in [0.25, 0.3) is 0 Å². The van der Waals surface area contributed by atoms with Crippen molar-refractivity contribution in [2.45, 2.75) is 32.2 Å². The minimum absolute atomic E-state index is 0.878. The van der Waals surface area contributed by atoms with E-state index in [1.807, 2.05) is 6.07 Å². The third-order valence-electron chi connectivity index (χ3n) is 5.09. The molecule has 24 heavy (non-hydrogen) atoms. The predicted molar refractivity (Wildman–Crippen MR) is 95.8 cm³/mol. The van der Waals surface area contributed by atoms with Crippen LogP contribution in [0, 0.1) is 0 Å². The number of piperidine rings is 1. The fourth-order valence-electron chi connectivity index (χ4n) is 3.77. The van der Waals surface area contributed by atoms with Crippen molar-refractivity contribution in [1.82, 2.24) is 9.97 Å². The number of nitrogens with zero attached hydrogens (tertiary/aromatic N) is 4. The Hall–Kier alpha value is -2.30. The molecular formula is C19H24N4O. The molecule has 1 aromatic carbocycles. The van der Waals surface area contributed by atoms with Crippen LogP contribution in [-0.2, 0) is 13.0 Å². The van der Waals surface area contributed by atoms with Crippen LogP contribution in [0.15, 0.2) is 30.6 Å². The van der Waals surface area contributed by atoms with Gasteiger partial charge in [0, 0.05) is 37.8 Å². The SMILES string of the molecule is COc1cccc2c1CCN(c1cc(N3CCCCC3)ncn1)C2. The molecule has 0 atom stereocenters. The van der Waals surface area contributed by atoms with Gasteiger partial charge in [0.05, 0.1) is 7.11 Å². The van der Waals surface area contributed by atoms with Gasteiger partial charge in [0.25, 0.3) is 0 Å². The lowest BCUT2D eigenvalue weighted by Gasteiger charge is -2.32. The molecule has 2 aliphatic rings. The fraction of sp³-hybridized carbons (Fsp3) is 0.474. The van der Waals surface area contributed by atoms with Gasteiger partial charge in [-0.25, -0.2) is 9.97 Å². The standard InChI is InChI=1S/C19H24N4O/c1-24-17-7-5-6-15-13-23(11-8-16(15)17)19-12-18(20-14-21-19)22-9-3-2-4-10-22/h5-7,12,14H,2-4,8-11,13H2,1H3. The number of anilines is 2. The summed E-state index contributed by atoms with van der Waals surface area (Å²) in [5.41, 5.74) is 2.67. The average Bonchev–Trinajstić information content (AvgIpc) is 2.68. The van der Waals surface area contributed by atoms with Gasteiger partial charge >= 0.3 is 0 Å². The highest BCUT2D eigenvalue weighted by molar-refractivity contribution is 5.53. The Morgan fingerprint density at radius 2 is 1.75 bits per heavy atom. The van der Waals surface area contributed by atoms with E-state index in [0.717, 1.165) is 50.0 Å². The van der Waals surface area contributed by atoms with Gasteiger partial charge in [-0.2, -0.15) is 0 Å². The lowest BCUT2D eigenvalue weighted by molar-refractivity contribution is 0.407. The maximum atomic E-state index is 5.50. The van der Waals surface area contributed by atoms with Crippen molar-refractivity contribution < 1.29 is 4.74 Å². The highest BCUT2D eigenvalue weighted by Gasteiger charge is 2.21. The Bertz CT molecular complexity index is 712. The second kappa shape index (κ2) is 6.67. The van der Waals surface area contributed by atoms with Crippen LogP contribution in [0.5, 0.6) is 5.75 Å². The van der Waals surface area contributed by atoms with Gasteiger partial charge in [-0.1, -0.05) is 12.1 Å². The molecule has 2 aliphatic heterocycles. The van der Waals surface area contributed by atoms with E-state index in [1.165, 1.54) is 30.4 Å². The van der Waals surface area contributed by atoms with E-state index in [4.69, 9.17) is 4.74 Å². The number of aromatic nitrogens is 2. The van der Waals surface area contributed by atoms with Crippen LogP contribution in [0.2, 0.25) is 0 Å². The number of methoxy groups -OCH3 is 1. The summed E-state index contributed by atoms with van der Waals surface area (Å²) in [5.74, 6) is 3.10. The molecule has 0 bridgehead atoms. The van der Waals surface area contributed by atoms with Gasteiger partial charge in [0.15, 0.2) is 0 Å². The van der Waals surface area contributed by atoms with Crippen molar-refractivity contribution in [3.05, 3.63) is 41.7 Å². The molecule has 0 radical (unpaired) electrons. The highest BCUT2D eigenvalue weighted by atomic mass is 16.5. The zero-order valence-electron chi connectivity index (χ0n) is 14.2. The molecule has 1 aromatic heterocycles. The van der Waals surface area contributed by atoms with Gasteiger partial charge < -0.3 is 14.5 Å². The summed E-state index contributed by atoms with van der Waals surface area (Å²) in [5, 5.41) is 0. The van der Waals surface area contributed by atoms with E-state index in [0.29, 0.717) is 0 Å². The second-order valence-electron chi connectivity index (χ2n) is 6.55. The lowest BCUT2D eigenvalue weighted by atomic mass is 9.98. The summed E-state index contributed by atoms with van der Waals surface area (Å²) in [4.78, 5) is 13.8. The maximum absolute atomic E-state index is 5.50. The third-order valence-corrected chi connectivity index (χ3v) is 5.09. The van der Waals surface area contributed by atoms with Crippen LogP contribution in [0.1, 0.15) is 30.4 Å². The third kappa shape index (κ3) is 2.90. The summed E-state index contributed by atoms with van der Waals surface area (Å²) in [6, 6.07) is 8.46.